The van der Waals surface area contributed by atoms with Crippen LogP contribution in [0, 0.1) is 0 Å². The van der Waals surface area contributed by atoms with Crippen LogP contribution in [0.5, 0.6) is 0 Å². The van der Waals surface area contributed by atoms with Gasteiger partial charge in [-0.2, -0.15) is 0 Å². The number of hydrogen-bond donors (Lipinski definition) is 3. The number of hydrogen-bond acceptors (Lipinski definition) is 5. The van der Waals surface area contributed by atoms with E-state index in [1.165, 1.54) is 173 Å². The summed E-state index contributed by atoms with van der Waals surface area (Å²) in [6, 6.07) is -0.634. The molecule has 1 amide bonds. The van der Waals surface area contributed by atoms with Gasteiger partial charge in [-0.3, -0.25) is 9.59 Å². The first-order valence-corrected chi connectivity index (χ1v) is 25.8. The summed E-state index contributed by atoms with van der Waals surface area (Å²) >= 11 is 0. The van der Waals surface area contributed by atoms with E-state index in [-0.39, 0.29) is 18.5 Å². The molecule has 0 spiro atoms. The van der Waals surface area contributed by atoms with Gasteiger partial charge in [-0.15, -0.1) is 0 Å². The Morgan fingerprint density at radius 2 is 0.864 bits per heavy atom. The summed E-state index contributed by atoms with van der Waals surface area (Å²) in [7, 11) is 0. The lowest BCUT2D eigenvalue weighted by atomic mass is 10.0. The van der Waals surface area contributed by atoms with Gasteiger partial charge in [0.2, 0.25) is 5.91 Å². The maximum Gasteiger partial charge on any atom is 0.305 e. The molecule has 0 heterocycles. The van der Waals surface area contributed by atoms with Crippen molar-refractivity contribution in [3.63, 3.8) is 0 Å². The monoisotopic (exact) mass is 830 g/mol. The van der Waals surface area contributed by atoms with Gasteiger partial charge in [-0.05, 0) is 57.8 Å². The second kappa shape index (κ2) is 48.7. The molecule has 0 saturated carbocycles. The fourth-order valence-corrected chi connectivity index (χ4v) is 7.65. The molecule has 0 aliphatic carbocycles. The molecule has 59 heavy (non-hydrogen) atoms. The summed E-state index contributed by atoms with van der Waals surface area (Å²) in [4.78, 5) is 24.4. The van der Waals surface area contributed by atoms with E-state index in [1.807, 2.05) is 6.08 Å². The van der Waals surface area contributed by atoms with Crippen molar-refractivity contribution in [2.75, 3.05) is 13.2 Å². The zero-order valence-corrected chi connectivity index (χ0v) is 39.2. The number of ether oxygens (including phenoxy) is 1. The van der Waals surface area contributed by atoms with Gasteiger partial charge in [0.05, 0.1) is 25.4 Å². The Labute approximate surface area is 366 Å². The minimum absolute atomic E-state index is 0.0157. The molecular weight excluding hydrogens is 731 g/mol. The van der Waals surface area contributed by atoms with Gasteiger partial charge < -0.3 is 20.3 Å². The summed E-state index contributed by atoms with van der Waals surface area (Å²) in [5.41, 5.74) is 0. The number of nitrogens with one attached hydrogen (secondary N) is 1. The molecule has 0 rings (SSSR count). The van der Waals surface area contributed by atoms with Crippen LogP contribution in [0.1, 0.15) is 264 Å². The summed E-state index contributed by atoms with van der Waals surface area (Å²) in [5.74, 6) is -0.0938. The minimum Gasteiger partial charge on any atom is -0.466 e. The molecule has 2 unspecified atom stereocenters. The van der Waals surface area contributed by atoms with Crippen LogP contribution in [0.15, 0.2) is 36.5 Å². The predicted molar refractivity (Wildman–Crippen MR) is 255 cm³/mol. The summed E-state index contributed by atoms with van der Waals surface area (Å²) in [5, 5.41) is 23.0. The van der Waals surface area contributed by atoms with Gasteiger partial charge in [0, 0.05) is 12.8 Å². The first-order chi connectivity index (χ1) is 29.0. The van der Waals surface area contributed by atoms with Crippen molar-refractivity contribution in [1.29, 1.82) is 0 Å². The molecule has 6 heteroatoms. The van der Waals surface area contributed by atoms with E-state index in [4.69, 9.17) is 4.74 Å². The molecule has 0 aromatic carbocycles. The maximum atomic E-state index is 12.4. The largest absolute Gasteiger partial charge is 0.466 e. The van der Waals surface area contributed by atoms with Gasteiger partial charge >= 0.3 is 5.97 Å². The third kappa shape index (κ3) is 45.4. The predicted octanol–water partition coefficient (Wildman–Crippen LogP) is 15.3. The second-order valence-electron chi connectivity index (χ2n) is 17.5. The van der Waals surface area contributed by atoms with Gasteiger partial charge in [-0.1, -0.05) is 230 Å². The Balaban J connectivity index is 3.47. The quantitative estimate of drug-likeness (QED) is 0.0323. The lowest BCUT2D eigenvalue weighted by Crippen LogP contribution is -2.45. The number of allylic oxidation sites excluding steroid dienone is 5. The van der Waals surface area contributed by atoms with E-state index in [9.17, 15) is 19.8 Å². The zero-order valence-electron chi connectivity index (χ0n) is 39.2. The average Bonchev–Trinajstić information content (AvgIpc) is 3.24. The Bertz CT molecular complexity index is 962. The van der Waals surface area contributed by atoms with Crippen molar-refractivity contribution in [1.82, 2.24) is 5.32 Å². The van der Waals surface area contributed by atoms with Crippen molar-refractivity contribution in [3.8, 4) is 0 Å². The molecular formula is C53H99NO5. The van der Waals surface area contributed by atoms with E-state index < -0.39 is 12.1 Å². The van der Waals surface area contributed by atoms with Crippen molar-refractivity contribution in [3.05, 3.63) is 36.5 Å². The fourth-order valence-electron chi connectivity index (χ4n) is 7.65. The highest BCUT2D eigenvalue weighted by Gasteiger charge is 2.18. The van der Waals surface area contributed by atoms with Crippen molar-refractivity contribution in [2.45, 2.75) is 276 Å². The van der Waals surface area contributed by atoms with Crippen LogP contribution in [0.4, 0.5) is 0 Å². The van der Waals surface area contributed by atoms with Gasteiger partial charge in [0.25, 0.3) is 0 Å². The number of rotatable bonds is 47. The third-order valence-electron chi connectivity index (χ3n) is 11.7. The van der Waals surface area contributed by atoms with E-state index >= 15 is 0 Å². The molecule has 0 bridgehead atoms. The average molecular weight is 830 g/mol. The van der Waals surface area contributed by atoms with Crippen molar-refractivity contribution in [2.24, 2.45) is 0 Å². The normalized spacial score (nSPS) is 12.9. The van der Waals surface area contributed by atoms with Gasteiger partial charge in [0.15, 0.2) is 0 Å². The van der Waals surface area contributed by atoms with Crippen LogP contribution in [0.3, 0.4) is 0 Å². The molecule has 0 aromatic rings. The van der Waals surface area contributed by atoms with Gasteiger partial charge in [0.1, 0.15) is 0 Å². The molecule has 0 saturated heterocycles. The SMILES string of the molecule is CCCC/C=C\C/C=C\CCCCCCCC(=O)OCCCCCCCCCCCCCCCCCC(=O)NC(CO)C(O)/C=C/CCCCCCCCCCCCC. The van der Waals surface area contributed by atoms with Crippen LogP contribution < -0.4 is 5.32 Å². The molecule has 0 aliphatic rings. The van der Waals surface area contributed by atoms with Crippen LogP contribution in [0.25, 0.3) is 0 Å². The standard InChI is InChI=1S/C53H99NO5/c1-3-5-7-9-11-13-15-17-23-27-31-35-39-43-47-53(58)59-48-44-40-36-32-28-24-20-18-19-22-26-30-34-38-42-46-52(57)54-50(49-55)51(56)45-41-37-33-29-25-21-16-14-12-10-8-6-4-2/h9,11,15,17,41,45,50-51,55-56H,3-8,10,12-14,16,18-40,42-44,46-49H2,1-2H3,(H,54,57)/b11-9-,17-15-,45-41+. The summed E-state index contributed by atoms with van der Waals surface area (Å²) < 4.78 is 5.45. The highest BCUT2D eigenvalue weighted by molar-refractivity contribution is 5.76. The number of unbranched alkanes of at least 4 members (excludes halogenated alkanes) is 32. The third-order valence-corrected chi connectivity index (χ3v) is 11.7. The molecule has 0 fully saturated rings. The number of carbonyl (C=O) groups excluding carboxylic acids is 2. The topological polar surface area (TPSA) is 95.9 Å². The molecule has 0 aliphatic heterocycles. The molecule has 346 valence electrons. The summed E-state index contributed by atoms with van der Waals surface area (Å²) in [6.07, 6.45) is 58.5. The van der Waals surface area contributed by atoms with Crippen LogP contribution in [-0.2, 0) is 14.3 Å². The molecule has 6 nitrogen and oxygen atoms in total. The van der Waals surface area contributed by atoms with Gasteiger partial charge in [-0.25, -0.2) is 0 Å². The molecule has 3 N–H and O–H groups in total. The lowest BCUT2D eigenvalue weighted by Gasteiger charge is -2.20. The zero-order chi connectivity index (χ0) is 43.0. The minimum atomic E-state index is -0.850. The highest BCUT2D eigenvalue weighted by atomic mass is 16.5. The Morgan fingerprint density at radius 1 is 0.475 bits per heavy atom. The number of esters is 1. The van der Waals surface area contributed by atoms with E-state index in [0.29, 0.717) is 19.4 Å². The van der Waals surface area contributed by atoms with E-state index in [2.05, 4.69) is 43.5 Å². The fraction of sp³-hybridized carbons (Fsp3) is 0.849. The van der Waals surface area contributed by atoms with Crippen LogP contribution >= 0.6 is 0 Å². The first kappa shape index (κ1) is 57.1. The Hall–Kier alpha value is -1.92. The number of carbonyl (C=O) groups is 2. The Morgan fingerprint density at radius 3 is 1.34 bits per heavy atom. The number of amides is 1. The maximum absolute atomic E-state index is 12.4. The van der Waals surface area contributed by atoms with E-state index in [1.54, 1.807) is 6.08 Å². The number of aliphatic hydroxyl groups excluding tert-OH is 2. The van der Waals surface area contributed by atoms with E-state index in [0.717, 1.165) is 64.2 Å². The number of aliphatic hydroxyl groups is 2. The van der Waals surface area contributed by atoms with Crippen LogP contribution in [0.2, 0.25) is 0 Å². The molecule has 2 atom stereocenters. The Kier molecular flexibility index (Phi) is 47.2. The smallest absolute Gasteiger partial charge is 0.305 e. The molecule has 0 aromatic heterocycles. The first-order valence-electron chi connectivity index (χ1n) is 25.8. The van der Waals surface area contributed by atoms with Crippen molar-refractivity contribution < 1.29 is 24.5 Å². The van der Waals surface area contributed by atoms with Crippen molar-refractivity contribution >= 4 is 11.9 Å². The van der Waals surface area contributed by atoms with Crippen LogP contribution in [-0.4, -0.2) is 47.4 Å². The second-order valence-corrected chi connectivity index (χ2v) is 17.5. The highest BCUT2D eigenvalue weighted by Crippen LogP contribution is 2.16. The summed E-state index contributed by atoms with van der Waals surface area (Å²) in [6.45, 7) is 4.83. The molecule has 0 radical (unpaired) electrons. The lowest BCUT2D eigenvalue weighted by molar-refractivity contribution is -0.143.